The van der Waals surface area contributed by atoms with Crippen molar-refractivity contribution in [1.29, 1.82) is 0 Å². The van der Waals surface area contributed by atoms with Crippen LogP contribution < -0.4 is 4.74 Å². The Morgan fingerprint density at radius 3 is 2.50 bits per heavy atom. The highest BCUT2D eigenvalue weighted by molar-refractivity contribution is 9.10. The zero-order valence-corrected chi connectivity index (χ0v) is 13.1. The first-order valence-electron chi connectivity index (χ1n) is 5.49. The van der Waals surface area contributed by atoms with Gasteiger partial charge in [-0.05, 0) is 47.5 Å². The third-order valence-corrected chi connectivity index (χ3v) is 4.21. The molecule has 0 aliphatic rings. The third kappa shape index (κ3) is 2.15. The number of hydrogen-bond acceptors (Lipinski definition) is 2. The number of methoxy groups -OCH3 is 1. The fourth-order valence-corrected chi connectivity index (χ4v) is 2.62. The molecule has 18 heavy (non-hydrogen) atoms. The highest BCUT2D eigenvalue weighted by atomic mass is 79.9. The molecule has 0 aliphatic carbocycles. The molecule has 0 aliphatic heterocycles. The molecule has 3 nitrogen and oxygen atoms in total. The number of ether oxygens (including phenoxy) is 1. The molecule has 2 aromatic rings. The van der Waals surface area contributed by atoms with Crippen LogP contribution in [0, 0.1) is 13.8 Å². The van der Waals surface area contributed by atoms with Crippen LogP contribution in [0.4, 0.5) is 0 Å². The molecule has 1 aromatic heterocycles. The lowest BCUT2D eigenvalue weighted by atomic mass is 10.1. The van der Waals surface area contributed by atoms with Crippen molar-refractivity contribution >= 4 is 27.5 Å². The van der Waals surface area contributed by atoms with Gasteiger partial charge in [0.25, 0.3) is 0 Å². The summed E-state index contributed by atoms with van der Waals surface area (Å²) in [6.07, 6.45) is 0. The summed E-state index contributed by atoms with van der Waals surface area (Å²) in [6.45, 7) is 3.99. The molecule has 0 amide bonds. The molecule has 1 heterocycles. The standard InChI is InChI=1S/C13H14BrClN2O/c1-7-5-11(18-4)10(15)6-9(7)12-13(14)17(3)8(2)16-12/h5-6H,1-4H3. The summed E-state index contributed by atoms with van der Waals surface area (Å²) in [5.41, 5.74) is 2.99. The molecule has 96 valence electrons. The third-order valence-electron chi connectivity index (χ3n) is 3.00. The lowest BCUT2D eigenvalue weighted by molar-refractivity contribution is 0.415. The van der Waals surface area contributed by atoms with E-state index in [4.69, 9.17) is 16.3 Å². The quantitative estimate of drug-likeness (QED) is 0.828. The Morgan fingerprint density at radius 1 is 1.33 bits per heavy atom. The predicted molar refractivity (Wildman–Crippen MR) is 77.4 cm³/mol. The van der Waals surface area contributed by atoms with Crippen LogP contribution in [0.3, 0.4) is 0 Å². The number of benzene rings is 1. The van der Waals surface area contributed by atoms with Crippen LogP contribution in [0.2, 0.25) is 5.02 Å². The molecule has 1 aromatic carbocycles. The second kappa shape index (κ2) is 4.94. The number of nitrogens with zero attached hydrogens (tertiary/aromatic N) is 2. The van der Waals surface area contributed by atoms with Crippen molar-refractivity contribution in [1.82, 2.24) is 9.55 Å². The average molecular weight is 330 g/mol. The minimum Gasteiger partial charge on any atom is -0.495 e. The monoisotopic (exact) mass is 328 g/mol. The zero-order chi connectivity index (χ0) is 13.4. The Balaban J connectivity index is 2.64. The fourth-order valence-electron chi connectivity index (χ4n) is 1.82. The van der Waals surface area contributed by atoms with Gasteiger partial charge in [-0.1, -0.05) is 11.6 Å². The molecule has 0 fully saturated rings. The van der Waals surface area contributed by atoms with Gasteiger partial charge in [0.2, 0.25) is 0 Å². The number of halogens is 2. The summed E-state index contributed by atoms with van der Waals surface area (Å²) >= 11 is 9.73. The summed E-state index contributed by atoms with van der Waals surface area (Å²) in [4.78, 5) is 4.55. The van der Waals surface area contributed by atoms with Gasteiger partial charge in [0.05, 0.1) is 12.1 Å². The van der Waals surface area contributed by atoms with Gasteiger partial charge in [0, 0.05) is 12.6 Å². The van der Waals surface area contributed by atoms with Crippen LogP contribution in [0.5, 0.6) is 5.75 Å². The molecule has 0 saturated carbocycles. The van der Waals surface area contributed by atoms with E-state index in [1.54, 1.807) is 7.11 Å². The largest absolute Gasteiger partial charge is 0.495 e. The lowest BCUT2D eigenvalue weighted by Gasteiger charge is -2.09. The highest BCUT2D eigenvalue weighted by Crippen LogP contribution is 2.36. The molecule has 5 heteroatoms. The van der Waals surface area contributed by atoms with Gasteiger partial charge in [-0.15, -0.1) is 0 Å². The number of rotatable bonds is 2. The van der Waals surface area contributed by atoms with Gasteiger partial charge in [-0.2, -0.15) is 0 Å². The summed E-state index contributed by atoms with van der Waals surface area (Å²) in [7, 11) is 3.58. The van der Waals surface area contributed by atoms with E-state index in [2.05, 4.69) is 20.9 Å². The molecule has 0 saturated heterocycles. The first-order valence-corrected chi connectivity index (χ1v) is 6.66. The second-order valence-corrected chi connectivity index (χ2v) is 5.32. The van der Waals surface area contributed by atoms with Crippen LogP contribution in [0.15, 0.2) is 16.7 Å². The van der Waals surface area contributed by atoms with E-state index in [9.17, 15) is 0 Å². The van der Waals surface area contributed by atoms with E-state index in [-0.39, 0.29) is 0 Å². The maximum Gasteiger partial charge on any atom is 0.137 e. The minimum absolute atomic E-state index is 0.591. The molecule has 0 spiro atoms. The lowest BCUT2D eigenvalue weighted by Crippen LogP contribution is -1.91. The Kier molecular flexibility index (Phi) is 3.69. The molecule has 0 atom stereocenters. The molecule has 0 bridgehead atoms. The smallest absolute Gasteiger partial charge is 0.137 e. The van der Waals surface area contributed by atoms with Gasteiger partial charge < -0.3 is 9.30 Å². The zero-order valence-electron chi connectivity index (χ0n) is 10.7. The Bertz CT molecular complexity index is 608. The van der Waals surface area contributed by atoms with Gasteiger partial charge in [-0.3, -0.25) is 0 Å². The minimum atomic E-state index is 0.591. The van der Waals surface area contributed by atoms with E-state index in [1.165, 1.54) is 0 Å². The maximum atomic E-state index is 6.18. The molecule has 0 unspecified atom stereocenters. The van der Waals surface area contributed by atoms with Crippen LogP contribution in [0.1, 0.15) is 11.4 Å². The van der Waals surface area contributed by atoms with E-state index >= 15 is 0 Å². The summed E-state index contributed by atoms with van der Waals surface area (Å²) < 4.78 is 8.15. The van der Waals surface area contributed by atoms with Crippen molar-refractivity contribution in [3.8, 4) is 17.0 Å². The van der Waals surface area contributed by atoms with E-state index in [1.807, 2.05) is 37.6 Å². The first-order chi connectivity index (χ1) is 8.45. The van der Waals surface area contributed by atoms with Gasteiger partial charge in [0.1, 0.15) is 21.9 Å². The second-order valence-electron chi connectivity index (χ2n) is 4.16. The normalized spacial score (nSPS) is 10.8. The van der Waals surface area contributed by atoms with Crippen LogP contribution >= 0.6 is 27.5 Å². The molecule has 2 rings (SSSR count). The number of aromatic nitrogens is 2. The van der Waals surface area contributed by atoms with E-state index in [0.29, 0.717) is 10.8 Å². The molecular formula is C13H14BrClN2O. The van der Waals surface area contributed by atoms with E-state index in [0.717, 1.165) is 27.2 Å². The van der Waals surface area contributed by atoms with E-state index < -0.39 is 0 Å². The molecular weight excluding hydrogens is 316 g/mol. The molecule has 0 N–H and O–H groups in total. The maximum absolute atomic E-state index is 6.18. The number of hydrogen-bond donors (Lipinski definition) is 0. The summed E-state index contributed by atoms with van der Waals surface area (Å²) in [5, 5.41) is 0.591. The SMILES string of the molecule is COc1cc(C)c(-c2nc(C)n(C)c2Br)cc1Cl. The first kappa shape index (κ1) is 13.4. The number of aryl methyl sites for hydroxylation is 2. The van der Waals surface area contributed by atoms with Crippen molar-refractivity contribution in [2.24, 2.45) is 7.05 Å². The Labute approximate surface area is 120 Å². The molecule has 0 radical (unpaired) electrons. The average Bonchev–Trinajstić information content (AvgIpc) is 2.59. The van der Waals surface area contributed by atoms with Gasteiger partial charge >= 0.3 is 0 Å². The predicted octanol–water partition coefficient (Wildman–Crippen LogP) is 4.13. The summed E-state index contributed by atoms with van der Waals surface area (Å²) in [6, 6.07) is 3.82. The van der Waals surface area contributed by atoms with Crippen LogP contribution in [0.25, 0.3) is 11.3 Å². The summed E-state index contributed by atoms with van der Waals surface area (Å²) in [5.74, 6) is 1.63. The Morgan fingerprint density at radius 2 is 2.00 bits per heavy atom. The van der Waals surface area contributed by atoms with Crippen molar-refractivity contribution in [2.75, 3.05) is 7.11 Å². The van der Waals surface area contributed by atoms with Crippen LogP contribution in [-0.2, 0) is 7.05 Å². The van der Waals surface area contributed by atoms with Crippen molar-refractivity contribution in [2.45, 2.75) is 13.8 Å². The fraction of sp³-hybridized carbons (Fsp3) is 0.308. The van der Waals surface area contributed by atoms with Gasteiger partial charge in [-0.25, -0.2) is 4.98 Å². The highest BCUT2D eigenvalue weighted by Gasteiger charge is 2.15. The van der Waals surface area contributed by atoms with Crippen LogP contribution in [-0.4, -0.2) is 16.7 Å². The number of imidazole rings is 1. The van der Waals surface area contributed by atoms with Crippen molar-refractivity contribution in [3.05, 3.63) is 33.1 Å². The van der Waals surface area contributed by atoms with Crippen molar-refractivity contribution in [3.63, 3.8) is 0 Å². The Hall–Kier alpha value is -1.00. The van der Waals surface area contributed by atoms with Crippen molar-refractivity contribution < 1.29 is 4.74 Å². The van der Waals surface area contributed by atoms with Gasteiger partial charge in [0.15, 0.2) is 0 Å². The topological polar surface area (TPSA) is 27.1 Å².